The lowest BCUT2D eigenvalue weighted by atomic mass is 9.95. The van der Waals surface area contributed by atoms with Gasteiger partial charge in [0.25, 0.3) is 5.91 Å². The van der Waals surface area contributed by atoms with E-state index in [0.717, 1.165) is 16.7 Å². The summed E-state index contributed by atoms with van der Waals surface area (Å²) >= 11 is 6.04. The first kappa shape index (κ1) is 20.3. The van der Waals surface area contributed by atoms with E-state index in [0.29, 0.717) is 41.7 Å². The van der Waals surface area contributed by atoms with Crippen molar-refractivity contribution in [3.63, 3.8) is 0 Å². The highest BCUT2D eigenvalue weighted by Crippen LogP contribution is 2.44. The third-order valence-electron chi connectivity index (χ3n) is 5.25. The van der Waals surface area contributed by atoms with Crippen molar-refractivity contribution in [1.82, 2.24) is 15.1 Å². The molecular formula is C22H22ClN3O4. The van der Waals surface area contributed by atoms with Gasteiger partial charge in [-0.25, -0.2) is 0 Å². The normalized spacial score (nSPS) is 15.5. The van der Waals surface area contributed by atoms with Gasteiger partial charge in [0.2, 0.25) is 0 Å². The van der Waals surface area contributed by atoms with E-state index >= 15 is 0 Å². The maximum Gasteiger partial charge on any atom is 0.273 e. The van der Waals surface area contributed by atoms with Gasteiger partial charge in [-0.05, 0) is 36.2 Å². The Balaban J connectivity index is 1.83. The summed E-state index contributed by atoms with van der Waals surface area (Å²) in [6.45, 7) is 1.06. The Labute approximate surface area is 179 Å². The van der Waals surface area contributed by atoms with Crippen LogP contribution in [0.5, 0.6) is 11.5 Å². The van der Waals surface area contributed by atoms with Gasteiger partial charge >= 0.3 is 0 Å². The molecule has 1 atom stereocenters. The number of amides is 1. The minimum absolute atomic E-state index is 0.0434. The zero-order chi connectivity index (χ0) is 21.3. The summed E-state index contributed by atoms with van der Waals surface area (Å²) in [7, 11) is 3.14. The Kier molecular flexibility index (Phi) is 5.65. The zero-order valence-corrected chi connectivity index (χ0v) is 17.4. The molecule has 2 N–H and O–H groups in total. The Morgan fingerprint density at radius 1 is 1.20 bits per heavy atom. The van der Waals surface area contributed by atoms with Crippen LogP contribution in [0.2, 0.25) is 5.02 Å². The van der Waals surface area contributed by atoms with Crippen LogP contribution >= 0.6 is 11.6 Å². The summed E-state index contributed by atoms with van der Waals surface area (Å²) in [6.07, 6.45) is 0.696. The largest absolute Gasteiger partial charge is 0.504 e. The van der Waals surface area contributed by atoms with E-state index in [1.165, 1.54) is 7.11 Å². The molecule has 8 heteroatoms. The Bertz CT molecular complexity index is 1060. The molecule has 1 amide bonds. The number of fused-ring (bicyclic) bond motifs is 1. The fourth-order valence-corrected chi connectivity index (χ4v) is 3.97. The maximum atomic E-state index is 13.2. The smallest absolute Gasteiger partial charge is 0.273 e. The number of carbonyl (C=O) groups excluding carboxylic acids is 1. The van der Waals surface area contributed by atoms with Crippen LogP contribution in [-0.2, 0) is 4.74 Å². The number of hydrogen-bond donors (Lipinski definition) is 2. The van der Waals surface area contributed by atoms with Crippen LogP contribution in [0.25, 0.3) is 11.3 Å². The number of aromatic nitrogens is 2. The molecule has 0 spiro atoms. The monoisotopic (exact) mass is 427 g/mol. The lowest BCUT2D eigenvalue weighted by Crippen LogP contribution is -2.31. The number of nitrogens with one attached hydrogen (secondary N) is 1. The minimum Gasteiger partial charge on any atom is -0.504 e. The van der Waals surface area contributed by atoms with E-state index in [2.05, 4.69) is 10.2 Å². The van der Waals surface area contributed by atoms with Gasteiger partial charge in [-0.15, -0.1) is 0 Å². The number of halogens is 1. The number of H-pyrrole nitrogens is 1. The standard InChI is InChI=1S/C22H22ClN3O4/c1-29-11-3-10-26-21(14-6-9-16(27)17(12-14)30-2)18-19(24-25-20(18)22(26)28)13-4-7-15(23)8-5-13/h4-9,12,21,27H,3,10-11H2,1-2H3,(H,24,25). The molecule has 0 bridgehead atoms. The summed E-state index contributed by atoms with van der Waals surface area (Å²) < 4.78 is 10.5. The molecule has 0 saturated carbocycles. The third-order valence-corrected chi connectivity index (χ3v) is 5.50. The van der Waals surface area contributed by atoms with E-state index in [1.54, 1.807) is 42.3 Å². The summed E-state index contributed by atoms with van der Waals surface area (Å²) in [5, 5.41) is 18.0. The molecule has 30 heavy (non-hydrogen) atoms. The van der Waals surface area contributed by atoms with Crippen LogP contribution < -0.4 is 4.74 Å². The van der Waals surface area contributed by atoms with Crippen LogP contribution in [0, 0.1) is 0 Å². The molecule has 1 aromatic heterocycles. The van der Waals surface area contributed by atoms with Gasteiger partial charge in [0.1, 0.15) is 5.69 Å². The number of aromatic hydroxyl groups is 1. The summed E-state index contributed by atoms with van der Waals surface area (Å²) in [4.78, 5) is 15.0. The average Bonchev–Trinajstić information content (AvgIpc) is 3.29. The predicted octanol–water partition coefficient (Wildman–Crippen LogP) is 4.03. The van der Waals surface area contributed by atoms with E-state index < -0.39 is 0 Å². The van der Waals surface area contributed by atoms with Crippen molar-refractivity contribution in [2.45, 2.75) is 12.5 Å². The first-order chi connectivity index (χ1) is 14.5. The lowest BCUT2D eigenvalue weighted by Gasteiger charge is -2.26. The number of hydrogen-bond acceptors (Lipinski definition) is 5. The quantitative estimate of drug-likeness (QED) is 0.556. The topological polar surface area (TPSA) is 87.7 Å². The molecule has 4 rings (SSSR count). The highest BCUT2D eigenvalue weighted by atomic mass is 35.5. The van der Waals surface area contributed by atoms with Gasteiger partial charge in [0.05, 0.1) is 18.8 Å². The van der Waals surface area contributed by atoms with E-state index in [-0.39, 0.29) is 17.7 Å². The molecule has 0 saturated heterocycles. The number of benzene rings is 2. The lowest BCUT2D eigenvalue weighted by molar-refractivity contribution is 0.0723. The van der Waals surface area contributed by atoms with Crippen LogP contribution in [0.1, 0.15) is 34.1 Å². The van der Waals surface area contributed by atoms with Crippen molar-refractivity contribution in [3.8, 4) is 22.8 Å². The highest BCUT2D eigenvalue weighted by molar-refractivity contribution is 6.30. The Hall–Kier alpha value is -3.03. The molecule has 7 nitrogen and oxygen atoms in total. The van der Waals surface area contributed by atoms with Crippen molar-refractivity contribution in [3.05, 3.63) is 64.3 Å². The molecule has 0 aliphatic carbocycles. The molecule has 0 radical (unpaired) electrons. The minimum atomic E-state index is -0.372. The molecule has 1 unspecified atom stereocenters. The summed E-state index contributed by atoms with van der Waals surface area (Å²) in [5.74, 6) is 0.273. The molecule has 0 fully saturated rings. The molecule has 2 heterocycles. The second-order valence-corrected chi connectivity index (χ2v) is 7.48. The summed E-state index contributed by atoms with van der Waals surface area (Å²) in [6, 6.07) is 12.1. The number of phenolic OH excluding ortho intramolecular Hbond substituents is 1. The van der Waals surface area contributed by atoms with Gasteiger partial charge in [0.15, 0.2) is 11.5 Å². The fraction of sp³-hybridized carbons (Fsp3) is 0.273. The second-order valence-electron chi connectivity index (χ2n) is 7.05. The van der Waals surface area contributed by atoms with Gasteiger partial charge in [-0.1, -0.05) is 29.8 Å². The van der Waals surface area contributed by atoms with Crippen molar-refractivity contribution in [2.24, 2.45) is 0 Å². The molecule has 1 aliphatic heterocycles. The van der Waals surface area contributed by atoms with E-state index in [4.69, 9.17) is 21.1 Å². The SMILES string of the molecule is COCCCN1C(=O)c2[nH]nc(-c3ccc(Cl)cc3)c2C1c1ccc(O)c(OC)c1. The zero-order valence-electron chi connectivity index (χ0n) is 16.7. The first-order valence-electron chi connectivity index (χ1n) is 9.56. The first-order valence-corrected chi connectivity index (χ1v) is 9.94. The van der Waals surface area contributed by atoms with Crippen molar-refractivity contribution >= 4 is 17.5 Å². The number of methoxy groups -OCH3 is 2. The van der Waals surface area contributed by atoms with E-state index in [1.807, 2.05) is 12.1 Å². The van der Waals surface area contributed by atoms with Crippen LogP contribution in [0.3, 0.4) is 0 Å². The highest BCUT2D eigenvalue weighted by Gasteiger charge is 2.42. The Morgan fingerprint density at radius 3 is 2.67 bits per heavy atom. The number of aromatic amines is 1. The van der Waals surface area contributed by atoms with Crippen LogP contribution in [0.4, 0.5) is 0 Å². The van der Waals surface area contributed by atoms with Gasteiger partial charge < -0.3 is 19.5 Å². The van der Waals surface area contributed by atoms with Gasteiger partial charge in [-0.2, -0.15) is 5.10 Å². The molecule has 3 aromatic rings. The number of rotatable bonds is 7. The average molecular weight is 428 g/mol. The second kappa shape index (κ2) is 8.38. The fourth-order valence-electron chi connectivity index (χ4n) is 3.85. The molecule has 156 valence electrons. The van der Waals surface area contributed by atoms with Crippen molar-refractivity contribution in [2.75, 3.05) is 27.4 Å². The number of nitrogens with zero attached hydrogens (tertiary/aromatic N) is 2. The van der Waals surface area contributed by atoms with E-state index in [9.17, 15) is 9.90 Å². The number of phenols is 1. The predicted molar refractivity (Wildman–Crippen MR) is 113 cm³/mol. The molecule has 2 aromatic carbocycles. The summed E-state index contributed by atoms with van der Waals surface area (Å²) in [5.41, 5.74) is 3.65. The molecular weight excluding hydrogens is 406 g/mol. The molecule has 1 aliphatic rings. The maximum absolute atomic E-state index is 13.2. The van der Waals surface area contributed by atoms with Crippen LogP contribution in [0.15, 0.2) is 42.5 Å². The van der Waals surface area contributed by atoms with Crippen molar-refractivity contribution < 1.29 is 19.4 Å². The Morgan fingerprint density at radius 2 is 1.97 bits per heavy atom. The van der Waals surface area contributed by atoms with Crippen molar-refractivity contribution in [1.29, 1.82) is 0 Å². The third kappa shape index (κ3) is 3.51. The number of ether oxygens (including phenoxy) is 2. The van der Waals surface area contributed by atoms with Gasteiger partial charge in [-0.3, -0.25) is 9.89 Å². The van der Waals surface area contributed by atoms with Gasteiger partial charge in [0, 0.05) is 36.4 Å². The number of carbonyl (C=O) groups is 1. The van der Waals surface area contributed by atoms with Crippen LogP contribution in [-0.4, -0.2) is 53.5 Å².